The average molecular weight is 547 g/mol. The molecule has 2 atom stereocenters. The molecule has 0 heterocycles. The molecular formula is C5H10I2N2Pt. The smallest absolute Gasteiger partial charge is 0.0562 e. The summed E-state index contributed by atoms with van der Waals surface area (Å²) in [7, 11) is 0. The number of rotatable bonds is 0. The van der Waals surface area contributed by atoms with Crippen molar-refractivity contribution in [3.05, 3.63) is 11.5 Å². The molecule has 0 saturated heterocycles. The van der Waals surface area contributed by atoms with Crippen LogP contribution in [0.15, 0.2) is 0 Å². The molecule has 2 N–H and O–H groups in total. The second-order valence-electron chi connectivity index (χ2n) is 2.19. The molecule has 5 heteroatoms. The minimum absolute atomic E-state index is 0.0694. The summed E-state index contributed by atoms with van der Waals surface area (Å²) >= 11 is 5.30. The summed E-state index contributed by atoms with van der Waals surface area (Å²) in [5.41, 5.74) is 14.3. The van der Waals surface area contributed by atoms with Gasteiger partial charge in [-0.3, -0.25) is 0 Å². The van der Waals surface area contributed by atoms with E-state index in [2.05, 4.69) is 38.7 Å². The van der Waals surface area contributed by atoms with Crippen molar-refractivity contribution in [3.63, 3.8) is 0 Å². The van der Waals surface area contributed by atoms with Gasteiger partial charge in [-0.25, -0.2) is 0 Å². The molecule has 1 fully saturated rings. The zero-order valence-corrected chi connectivity index (χ0v) is 11.9. The van der Waals surface area contributed by atoms with Gasteiger partial charge in [0.25, 0.3) is 0 Å². The third kappa shape index (κ3) is 5.68. The van der Waals surface area contributed by atoms with Crippen LogP contribution in [0.1, 0.15) is 19.3 Å². The van der Waals surface area contributed by atoms with Crippen molar-refractivity contribution in [3.8, 4) is 0 Å². The molecule has 1 rings (SSSR count). The van der Waals surface area contributed by atoms with Gasteiger partial charge in [0.15, 0.2) is 0 Å². The van der Waals surface area contributed by atoms with E-state index in [-0.39, 0.29) is 12.1 Å². The van der Waals surface area contributed by atoms with Gasteiger partial charge in [0.05, 0.1) is 0 Å². The van der Waals surface area contributed by atoms with Gasteiger partial charge in [-0.2, -0.15) is 12.1 Å². The van der Waals surface area contributed by atoms with Gasteiger partial charge < -0.3 is 11.5 Å². The zero-order chi connectivity index (χ0) is 7.98. The Balaban J connectivity index is 0.000000236. The van der Waals surface area contributed by atoms with Crippen LogP contribution in [0, 0.1) is 0 Å². The zero-order valence-electron chi connectivity index (χ0n) is 5.35. The molecule has 10 heavy (non-hydrogen) atoms. The van der Waals surface area contributed by atoms with Gasteiger partial charge in [0.2, 0.25) is 0 Å². The molecule has 0 radical (unpaired) electrons. The fraction of sp³-hybridized carbons (Fsp3) is 1.00. The first-order valence-electron chi connectivity index (χ1n) is 2.97. The predicted octanol–water partition coefficient (Wildman–Crippen LogP) is 3.78. The van der Waals surface area contributed by atoms with Gasteiger partial charge in [-0.1, -0.05) is 19.3 Å². The Morgan fingerprint density at radius 3 is 1.50 bits per heavy atom. The van der Waals surface area contributed by atoms with E-state index in [0.717, 1.165) is 19.3 Å². The maximum atomic E-state index is 7.15. The molecule has 0 spiro atoms. The molecule has 0 aromatic rings. The van der Waals surface area contributed by atoms with Crippen LogP contribution in [0.25, 0.3) is 11.5 Å². The summed E-state index contributed by atoms with van der Waals surface area (Å²) in [4.78, 5) is 0. The minimum atomic E-state index is -0.0694. The molecule has 1 saturated carbocycles. The van der Waals surface area contributed by atoms with Crippen molar-refractivity contribution in [2.75, 3.05) is 0 Å². The van der Waals surface area contributed by atoms with Crippen molar-refractivity contribution >= 4 is 38.7 Å². The molecule has 2 nitrogen and oxygen atoms in total. The standard InChI is InChI=1S/C5H10N2.2HI.Pt/c6-4-2-1-3-5(4)7;;;/h4-7H,1-3H2;2*1H;/q-2;;;+4/p-2. The van der Waals surface area contributed by atoms with E-state index in [4.69, 9.17) is 11.5 Å². The Labute approximate surface area is 91.4 Å². The Morgan fingerprint density at radius 2 is 1.40 bits per heavy atom. The van der Waals surface area contributed by atoms with Crippen LogP contribution in [0.5, 0.6) is 0 Å². The summed E-state index contributed by atoms with van der Waals surface area (Å²) in [6.07, 6.45) is 3.00. The molecule has 2 unspecified atom stereocenters. The second-order valence-corrected chi connectivity index (χ2v) is 18.8. The number of hydrogen-bond acceptors (Lipinski definition) is 0. The van der Waals surface area contributed by atoms with Crippen LogP contribution >= 0.6 is 38.7 Å². The molecule has 1 aliphatic rings. The van der Waals surface area contributed by atoms with Crippen molar-refractivity contribution < 1.29 is 11.2 Å². The van der Waals surface area contributed by atoms with E-state index < -0.39 is 0 Å². The SMILES string of the molecule is [I][Pt+2][I].[NH-]C1CCCC1[NH-]. The van der Waals surface area contributed by atoms with Crippen molar-refractivity contribution in [2.24, 2.45) is 0 Å². The Kier molecular flexibility index (Phi) is 9.30. The van der Waals surface area contributed by atoms with E-state index in [1.165, 1.54) is 0 Å². The normalized spacial score (nSPS) is 31.6. The molecule has 1 aliphatic carbocycles. The monoisotopic (exact) mass is 547 g/mol. The van der Waals surface area contributed by atoms with Crippen LogP contribution in [-0.2, 0) is 11.2 Å². The van der Waals surface area contributed by atoms with E-state index >= 15 is 0 Å². The van der Waals surface area contributed by atoms with Crippen molar-refractivity contribution in [2.45, 2.75) is 31.3 Å². The molecule has 0 bridgehead atoms. The first kappa shape index (κ1) is 12.1. The largest absolute Gasteiger partial charge is 0.676 e. The Bertz CT molecular complexity index is 76.0. The van der Waals surface area contributed by atoms with E-state index in [1.54, 1.807) is 0 Å². The third-order valence-corrected chi connectivity index (χ3v) is 1.52. The summed E-state index contributed by atoms with van der Waals surface area (Å²) in [5, 5.41) is 0. The van der Waals surface area contributed by atoms with Gasteiger partial charge in [-0.15, -0.1) is 0 Å². The number of nitrogens with one attached hydrogen (secondary N) is 2. The fourth-order valence-corrected chi connectivity index (χ4v) is 0.960. The van der Waals surface area contributed by atoms with E-state index in [0.29, 0.717) is 11.2 Å². The van der Waals surface area contributed by atoms with Crippen LogP contribution in [0.3, 0.4) is 0 Å². The van der Waals surface area contributed by atoms with Crippen molar-refractivity contribution in [1.82, 2.24) is 0 Å². The molecular weight excluding hydrogens is 537 g/mol. The Hall–Kier alpha value is 2.07. The van der Waals surface area contributed by atoms with Gasteiger partial charge in [-0.05, 0) is 0 Å². The summed E-state index contributed by atoms with van der Waals surface area (Å²) < 4.78 is 0. The second kappa shape index (κ2) is 7.70. The summed E-state index contributed by atoms with van der Waals surface area (Å²) in [6.45, 7) is 0. The van der Waals surface area contributed by atoms with E-state index in [9.17, 15) is 0 Å². The summed E-state index contributed by atoms with van der Waals surface area (Å²) in [6, 6.07) is -0.139. The average Bonchev–Trinajstić information content (AvgIpc) is 2.19. The third-order valence-electron chi connectivity index (χ3n) is 1.52. The maximum absolute atomic E-state index is 7.15. The number of halogens is 2. The van der Waals surface area contributed by atoms with Crippen LogP contribution in [0.2, 0.25) is 0 Å². The quantitative estimate of drug-likeness (QED) is 0.415. The van der Waals surface area contributed by atoms with Gasteiger partial charge >= 0.3 is 49.9 Å². The van der Waals surface area contributed by atoms with E-state index in [1.807, 2.05) is 0 Å². The molecule has 0 aromatic heterocycles. The predicted molar refractivity (Wildman–Crippen MR) is 58.1 cm³/mol. The van der Waals surface area contributed by atoms with Gasteiger partial charge in [0, 0.05) is 0 Å². The number of hydrogen-bond donors (Lipinski definition) is 0. The molecule has 0 aromatic carbocycles. The molecule has 0 aliphatic heterocycles. The minimum Gasteiger partial charge on any atom is -0.676 e. The van der Waals surface area contributed by atoms with Crippen LogP contribution < -0.4 is 0 Å². The van der Waals surface area contributed by atoms with Gasteiger partial charge in [0.1, 0.15) is 0 Å². The first-order valence-corrected chi connectivity index (χ1v) is 15.9. The summed E-state index contributed by atoms with van der Waals surface area (Å²) in [5.74, 6) is 0. The first-order chi connectivity index (χ1) is 4.72. The van der Waals surface area contributed by atoms with Crippen molar-refractivity contribution in [1.29, 1.82) is 0 Å². The molecule has 0 amide bonds. The van der Waals surface area contributed by atoms with Crippen LogP contribution in [-0.4, -0.2) is 12.1 Å². The fourth-order valence-electron chi connectivity index (χ4n) is 0.960. The molecule has 64 valence electrons. The maximum Gasteiger partial charge on any atom is -0.0562 e. The topological polar surface area (TPSA) is 47.6 Å². The Morgan fingerprint density at radius 1 is 1.10 bits per heavy atom. The van der Waals surface area contributed by atoms with Crippen LogP contribution in [0.4, 0.5) is 0 Å².